The Bertz CT molecular complexity index is 1720. The Labute approximate surface area is 241 Å². The van der Waals surface area contributed by atoms with Crippen LogP contribution in [0.3, 0.4) is 0 Å². The summed E-state index contributed by atoms with van der Waals surface area (Å²) in [4.78, 5) is 57.8. The Balaban J connectivity index is 1.28. The topological polar surface area (TPSA) is 93.6 Å². The van der Waals surface area contributed by atoms with Gasteiger partial charge in [0.1, 0.15) is 0 Å². The summed E-state index contributed by atoms with van der Waals surface area (Å²) in [5, 5.41) is 0.923. The number of benzene rings is 3. The predicted octanol–water partition coefficient (Wildman–Crippen LogP) is 6.36. The maximum atomic E-state index is 13.2. The monoisotopic (exact) mass is 564 g/mol. The first-order valence-corrected chi connectivity index (χ1v) is 13.7. The first kappa shape index (κ1) is 26.6. The number of anilines is 1. The van der Waals surface area contributed by atoms with Gasteiger partial charge >= 0.3 is 5.97 Å². The molecular formula is C33H25ClN2O5. The number of esters is 1. The second kappa shape index (κ2) is 10.7. The fourth-order valence-electron chi connectivity index (χ4n) is 5.38. The number of carbonyl (C=O) groups excluding carboxylic acids is 4. The van der Waals surface area contributed by atoms with Gasteiger partial charge < -0.3 is 4.74 Å². The molecule has 6 rings (SSSR count). The van der Waals surface area contributed by atoms with Crippen LogP contribution in [0.4, 0.5) is 5.69 Å². The zero-order valence-corrected chi connectivity index (χ0v) is 22.9. The number of fused-ring (bicyclic) bond motifs is 2. The second-order valence-electron chi connectivity index (χ2n) is 10.3. The van der Waals surface area contributed by atoms with Crippen LogP contribution < -0.4 is 4.90 Å². The first-order valence-electron chi connectivity index (χ1n) is 13.3. The summed E-state index contributed by atoms with van der Waals surface area (Å²) in [7, 11) is 0. The van der Waals surface area contributed by atoms with E-state index >= 15 is 0 Å². The highest BCUT2D eigenvalue weighted by atomic mass is 35.5. The van der Waals surface area contributed by atoms with E-state index in [0.717, 1.165) is 5.56 Å². The highest BCUT2D eigenvalue weighted by Gasteiger charge is 2.47. The van der Waals surface area contributed by atoms with E-state index < -0.39 is 12.6 Å². The van der Waals surface area contributed by atoms with Gasteiger partial charge in [0, 0.05) is 21.5 Å². The summed E-state index contributed by atoms with van der Waals surface area (Å²) in [6, 6.07) is 20.6. The minimum atomic E-state index is -0.678. The van der Waals surface area contributed by atoms with Crippen LogP contribution in [0.25, 0.3) is 22.2 Å². The molecule has 0 bridgehead atoms. The van der Waals surface area contributed by atoms with Gasteiger partial charge in [-0.15, -0.1) is 0 Å². The van der Waals surface area contributed by atoms with Crippen LogP contribution in [0.1, 0.15) is 39.1 Å². The number of hydrogen-bond donors (Lipinski definition) is 0. The molecule has 8 heteroatoms. The lowest BCUT2D eigenvalue weighted by molar-refractivity contribution is -0.122. The average molecular weight is 565 g/mol. The molecule has 7 nitrogen and oxygen atoms in total. The quantitative estimate of drug-likeness (QED) is 0.117. The van der Waals surface area contributed by atoms with E-state index in [1.165, 1.54) is 4.90 Å². The Hall–Kier alpha value is -4.62. The number of ketones is 1. The van der Waals surface area contributed by atoms with Crippen molar-refractivity contribution >= 4 is 51.8 Å². The summed E-state index contributed by atoms with van der Waals surface area (Å²) < 4.78 is 5.42. The molecule has 2 unspecified atom stereocenters. The van der Waals surface area contributed by atoms with Gasteiger partial charge in [-0.3, -0.25) is 19.3 Å². The zero-order valence-electron chi connectivity index (χ0n) is 22.2. The van der Waals surface area contributed by atoms with Gasteiger partial charge in [-0.25, -0.2) is 9.78 Å². The zero-order chi connectivity index (χ0) is 28.7. The number of ether oxygens (including phenoxy) is 1. The van der Waals surface area contributed by atoms with E-state index in [4.69, 9.17) is 21.3 Å². The SMILES string of the molecule is Cc1ccc(C(=O)COC(=O)c2cc(-c3ccc(N4C(=O)C5CC=CCC5C4=O)cc3)nc3ccc(Cl)cc23)cc1. The molecule has 1 fully saturated rings. The van der Waals surface area contributed by atoms with E-state index in [9.17, 15) is 19.2 Å². The van der Waals surface area contributed by atoms with Crippen molar-refractivity contribution in [1.82, 2.24) is 4.98 Å². The van der Waals surface area contributed by atoms with Crippen LogP contribution >= 0.6 is 11.6 Å². The number of amides is 2. The van der Waals surface area contributed by atoms with Crippen molar-refractivity contribution in [1.29, 1.82) is 0 Å². The number of Topliss-reactive ketones (excluding diaryl/α,β-unsaturated/α-hetero) is 1. The number of rotatable bonds is 6. The number of halogens is 1. The van der Waals surface area contributed by atoms with Crippen LogP contribution in [-0.2, 0) is 14.3 Å². The van der Waals surface area contributed by atoms with Crippen molar-refractivity contribution in [2.24, 2.45) is 11.8 Å². The molecule has 1 aliphatic carbocycles. The van der Waals surface area contributed by atoms with E-state index in [0.29, 0.717) is 51.3 Å². The van der Waals surface area contributed by atoms with Gasteiger partial charge in [-0.2, -0.15) is 0 Å². The van der Waals surface area contributed by atoms with Crippen molar-refractivity contribution < 1.29 is 23.9 Å². The van der Waals surface area contributed by atoms with Crippen molar-refractivity contribution in [2.75, 3.05) is 11.5 Å². The lowest BCUT2D eigenvalue weighted by Crippen LogP contribution is -2.30. The molecule has 41 heavy (non-hydrogen) atoms. The van der Waals surface area contributed by atoms with Crippen LogP contribution in [0.15, 0.2) is 84.9 Å². The third-order valence-electron chi connectivity index (χ3n) is 7.63. The largest absolute Gasteiger partial charge is 0.454 e. The molecule has 2 aliphatic rings. The fraction of sp³-hybridized carbons (Fsp3) is 0.182. The number of nitrogens with zero attached hydrogens (tertiary/aromatic N) is 2. The number of imide groups is 1. The average Bonchev–Trinajstić information content (AvgIpc) is 3.25. The third kappa shape index (κ3) is 5.05. The van der Waals surface area contributed by atoms with Crippen LogP contribution in [0, 0.1) is 18.8 Å². The molecule has 1 aliphatic heterocycles. The summed E-state index contributed by atoms with van der Waals surface area (Å²) in [5.41, 5.74) is 3.88. The molecule has 1 saturated heterocycles. The number of pyridine rings is 1. The summed E-state index contributed by atoms with van der Waals surface area (Å²) in [6.45, 7) is 1.51. The molecule has 0 radical (unpaired) electrons. The predicted molar refractivity (Wildman–Crippen MR) is 156 cm³/mol. The second-order valence-corrected chi connectivity index (χ2v) is 10.7. The molecule has 2 atom stereocenters. The van der Waals surface area contributed by atoms with Gasteiger partial charge in [0.2, 0.25) is 11.8 Å². The number of aryl methyl sites for hydroxylation is 1. The van der Waals surface area contributed by atoms with E-state index in [1.807, 2.05) is 31.2 Å². The molecule has 0 N–H and O–H groups in total. The molecule has 0 saturated carbocycles. The molecule has 3 aromatic carbocycles. The van der Waals surface area contributed by atoms with Gasteiger partial charge in [-0.1, -0.05) is 65.7 Å². The lowest BCUT2D eigenvalue weighted by atomic mass is 9.85. The standard InChI is InChI=1S/C33H25ClN2O5/c1-19-6-8-21(9-7-19)30(37)18-41-33(40)27-17-29(35-28-15-12-22(34)16-26(27)28)20-10-13-23(14-11-20)36-31(38)24-4-2-3-5-25(24)32(36)39/h2-3,6-17,24-25H,4-5,18H2,1H3. The Morgan fingerprint density at radius 3 is 2.22 bits per heavy atom. The summed E-state index contributed by atoms with van der Waals surface area (Å²) >= 11 is 6.22. The summed E-state index contributed by atoms with van der Waals surface area (Å²) in [5.74, 6) is -1.97. The molecule has 2 heterocycles. The van der Waals surface area contributed by atoms with Gasteiger partial charge in [0.25, 0.3) is 0 Å². The maximum absolute atomic E-state index is 13.2. The van der Waals surface area contributed by atoms with Crippen molar-refractivity contribution in [2.45, 2.75) is 19.8 Å². The highest BCUT2D eigenvalue weighted by molar-refractivity contribution is 6.31. The van der Waals surface area contributed by atoms with E-state index in [2.05, 4.69) is 0 Å². The molecule has 2 amide bonds. The molecule has 4 aromatic rings. The van der Waals surface area contributed by atoms with Crippen molar-refractivity contribution in [3.05, 3.63) is 107 Å². The number of hydrogen-bond acceptors (Lipinski definition) is 6. The third-order valence-corrected chi connectivity index (χ3v) is 7.86. The van der Waals surface area contributed by atoms with E-state index in [-0.39, 0.29) is 35.0 Å². The summed E-state index contributed by atoms with van der Waals surface area (Å²) in [6.07, 6.45) is 5.06. The smallest absolute Gasteiger partial charge is 0.339 e. The van der Waals surface area contributed by atoms with E-state index in [1.54, 1.807) is 60.7 Å². The first-order chi connectivity index (χ1) is 19.8. The lowest BCUT2D eigenvalue weighted by Gasteiger charge is -2.15. The molecular weight excluding hydrogens is 540 g/mol. The Morgan fingerprint density at radius 1 is 0.902 bits per heavy atom. The van der Waals surface area contributed by atoms with Gasteiger partial charge in [0.05, 0.1) is 34.3 Å². The molecule has 1 aromatic heterocycles. The minimum Gasteiger partial charge on any atom is -0.454 e. The highest BCUT2D eigenvalue weighted by Crippen LogP contribution is 2.38. The molecule has 204 valence electrons. The van der Waals surface area contributed by atoms with Crippen LogP contribution in [0.2, 0.25) is 5.02 Å². The van der Waals surface area contributed by atoms with Crippen molar-refractivity contribution in [3.63, 3.8) is 0 Å². The normalized spacial score (nSPS) is 18.0. The molecule has 0 spiro atoms. The Morgan fingerprint density at radius 2 is 1.56 bits per heavy atom. The van der Waals surface area contributed by atoms with Crippen LogP contribution in [0.5, 0.6) is 0 Å². The van der Waals surface area contributed by atoms with Gasteiger partial charge in [0.15, 0.2) is 12.4 Å². The van der Waals surface area contributed by atoms with Crippen molar-refractivity contribution in [3.8, 4) is 11.3 Å². The van der Waals surface area contributed by atoms with Crippen LogP contribution in [-0.4, -0.2) is 35.2 Å². The fourth-order valence-corrected chi connectivity index (χ4v) is 5.55. The number of allylic oxidation sites excluding steroid dienone is 2. The number of aromatic nitrogens is 1. The minimum absolute atomic E-state index is 0.178. The Kier molecular flexibility index (Phi) is 6.97. The van der Waals surface area contributed by atoms with Gasteiger partial charge in [-0.05, 0) is 56.2 Å². The number of carbonyl (C=O) groups is 4. The maximum Gasteiger partial charge on any atom is 0.339 e.